The number of esters is 1. The van der Waals surface area contributed by atoms with Crippen LogP contribution in [0.5, 0.6) is 0 Å². The molecule has 1 aromatic heterocycles. The Morgan fingerprint density at radius 2 is 2.06 bits per heavy atom. The lowest BCUT2D eigenvalue weighted by Gasteiger charge is -2.11. The van der Waals surface area contributed by atoms with E-state index in [9.17, 15) is 18.0 Å². The van der Waals surface area contributed by atoms with Crippen LogP contribution < -0.4 is 0 Å². The molecule has 96 valence electrons. The van der Waals surface area contributed by atoms with Gasteiger partial charge in [-0.15, -0.1) is 0 Å². The van der Waals surface area contributed by atoms with E-state index in [1.807, 2.05) is 0 Å². The molecule has 4 nitrogen and oxygen atoms in total. The van der Waals surface area contributed by atoms with Crippen molar-refractivity contribution in [3.8, 4) is 0 Å². The van der Waals surface area contributed by atoms with Crippen LogP contribution in [0, 0.1) is 6.92 Å². The Morgan fingerprint density at radius 1 is 1.53 bits per heavy atom. The minimum Gasteiger partial charge on any atom is -0.467 e. The third-order valence-corrected chi connectivity index (χ3v) is 3.20. The maximum Gasteiger partial charge on any atom is 0.436 e. The predicted molar refractivity (Wildman–Crippen MR) is 56.4 cm³/mol. The summed E-state index contributed by atoms with van der Waals surface area (Å²) in [6, 6.07) is -0.910. The van der Waals surface area contributed by atoms with E-state index in [2.05, 4.69) is 25.8 Å². The van der Waals surface area contributed by atoms with Crippen LogP contribution in [-0.2, 0) is 15.7 Å². The van der Waals surface area contributed by atoms with Crippen LogP contribution in [0.25, 0.3) is 0 Å². The van der Waals surface area contributed by atoms with Crippen LogP contribution in [0.15, 0.2) is 4.47 Å². The molecule has 0 amide bonds. The second-order valence-electron chi connectivity index (χ2n) is 3.39. The maximum absolute atomic E-state index is 12.6. The number of ether oxygens (including phenoxy) is 1. The molecule has 0 aliphatic heterocycles. The van der Waals surface area contributed by atoms with Gasteiger partial charge in [-0.3, -0.25) is 4.68 Å². The second-order valence-corrected chi connectivity index (χ2v) is 4.18. The lowest BCUT2D eigenvalue weighted by molar-refractivity contribution is -0.146. The molecule has 0 radical (unpaired) electrons. The molecule has 1 rings (SSSR count). The number of carbonyl (C=O) groups excluding carboxylic acids is 1. The number of nitrogens with zero attached hydrogens (tertiary/aromatic N) is 2. The van der Waals surface area contributed by atoms with E-state index in [0.717, 1.165) is 11.8 Å². The van der Waals surface area contributed by atoms with Crippen molar-refractivity contribution >= 4 is 21.9 Å². The van der Waals surface area contributed by atoms with E-state index in [-0.39, 0.29) is 10.2 Å². The van der Waals surface area contributed by atoms with Crippen molar-refractivity contribution in [3.63, 3.8) is 0 Å². The van der Waals surface area contributed by atoms with Crippen LogP contribution in [0.2, 0.25) is 0 Å². The van der Waals surface area contributed by atoms with Crippen molar-refractivity contribution in [1.29, 1.82) is 0 Å². The zero-order chi connectivity index (χ0) is 13.4. The summed E-state index contributed by atoms with van der Waals surface area (Å²) < 4.78 is 43.0. The summed E-state index contributed by atoms with van der Waals surface area (Å²) in [6.45, 7) is 2.85. The number of hydrogen-bond donors (Lipinski definition) is 0. The maximum atomic E-state index is 12.6. The molecule has 0 fully saturated rings. The van der Waals surface area contributed by atoms with E-state index in [4.69, 9.17) is 0 Å². The number of aromatic nitrogens is 2. The fourth-order valence-corrected chi connectivity index (χ4v) is 1.81. The van der Waals surface area contributed by atoms with E-state index < -0.39 is 23.9 Å². The first-order valence-electron chi connectivity index (χ1n) is 4.59. The fraction of sp³-hybridized carbons (Fsp3) is 0.556. The quantitative estimate of drug-likeness (QED) is 0.788. The van der Waals surface area contributed by atoms with Gasteiger partial charge < -0.3 is 4.74 Å². The molecule has 1 unspecified atom stereocenters. The van der Waals surface area contributed by atoms with Gasteiger partial charge >= 0.3 is 12.1 Å². The van der Waals surface area contributed by atoms with Gasteiger partial charge in [-0.2, -0.15) is 18.3 Å². The molecule has 0 aliphatic rings. The molecular weight excluding hydrogens is 305 g/mol. The fourth-order valence-electron chi connectivity index (χ4n) is 1.33. The average molecular weight is 315 g/mol. The molecule has 0 aliphatic carbocycles. The van der Waals surface area contributed by atoms with E-state index >= 15 is 0 Å². The Labute approximate surface area is 104 Å². The number of methoxy groups -OCH3 is 1. The zero-order valence-electron chi connectivity index (χ0n) is 9.30. The third kappa shape index (κ3) is 2.62. The Hall–Kier alpha value is -1.05. The molecule has 8 heteroatoms. The van der Waals surface area contributed by atoms with Crippen molar-refractivity contribution in [2.75, 3.05) is 7.11 Å². The Morgan fingerprint density at radius 3 is 2.41 bits per heavy atom. The van der Waals surface area contributed by atoms with E-state index in [1.54, 1.807) is 0 Å². The first kappa shape index (κ1) is 14.0. The lowest BCUT2D eigenvalue weighted by atomic mass is 10.3. The van der Waals surface area contributed by atoms with E-state index in [0.29, 0.717) is 0 Å². The van der Waals surface area contributed by atoms with E-state index in [1.165, 1.54) is 13.8 Å². The first-order valence-corrected chi connectivity index (χ1v) is 5.39. The molecular formula is C9H10BrF3N2O2. The smallest absolute Gasteiger partial charge is 0.436 e. The monoisotopic (exact) mass is 314 g/mol. The summed E-state index contributed by atoms with van der Waals surface area (Å²) in [6.07, 6.45) is -4.56. The van der Waals surface area contributed by atoms with Crippen molar-refractivity contribution in [2.24, 2.45) is 0 Å². The second kappa shape index (κ2) is 4.67. The standard InChI is InChI=1S/C9H10BrF3N2O2/c1-4-6(10)7(9(11,12)13)14-15(4)5(2)8(16)17-3/h5H,1-3H3. The van der Waals surface area contributed by atoms with Gasteiger partial charge in [0.2, 0.25) is 0 Å². The highest BCUT2D eigenvalue weighted by Gasteiger charge is 2.39. The normalized spacial score (nSPS) is 13.6. The highest BCUT2D eigenvalue weighted by Crippen LogP contribution is 2.36. The van der Waals surface area contributed by atoms with Gasteiger partial charge in [-0.1, -0.05) is 0 Å². The summed E-state index contributed by atoms with van der Waals surface area (Å²) in [4.78, 5) is 11.3. The van der Waals surface area contributed by atoms with Gasteiger partial charge in [0.25, 0.3) is 0 Å². The number of hydrogen-bond acceptors (Lipinski definition) is 3. The van der Waals surface area contributed by atoms with Crippen LogP contribution in [0.3, 0.4) is 0 Å². The number of halogens is 4. The van der Waals surface area contributed by atoms with Gasteiger partial charge in [-0.25, -0.2) is 4.79 Å². The van der Waals surface area contributed by atoms with Crippen molar-refractivity contribution in [2.45, 2.75) is 26.1 Å². The molecule has 0 N–H and O–H groups in total. The molecule has 1 atom stereocenters. The minimum atomic E-state index is -4.56. The largest absolute Gasteiger partial charge is 0.467 e. The summed E-state index contributed by atoms with van der Waals surface area (Å²) >= 11 is 2.82. The summed E-state index contributed by atoms with van der Waals surface area (Å²) in [5, 5.41) is 3.39. The van der Waals surface area contributed by atoms with Crippen molar-refractivity contribution in [1.82, 2.24) is 9.78 Å². The molecule has 0 bridgehead atoms. The molecule has 0 aromatic carbocycles. The summed E-state index contributed by atoms with van der Waals surface area (Å²) in [7, 11) is 1.16. The van der Waals surface area contributed by atoms with Crippen LogP contribution in [-0.4, -0.2) is 22.9 Å². The van der Waals surface area contributed by atoms with Gasteiger partial charge in [0.1, 0.15) is 6.04 Å². The topological polar surface area (TPSA) is 44.1 Å². The molecule has 1 aromatic rings. The molecule has 0 saturated heterocycles. The Bertz CT molecular complexity index is 442. The Balaban J connectivity index is 3.25. The SMILES string of the molecule is COC(=O)C(C)n1nc(C(F)(F)F)c(Br)c1C. The first-order chi connectivity index (χ1) is 7.70. The van der Waals surface area contributed by atoms with Gasteiger partial charge in [0, 0.05) is 0 Å². The van der Waals surface area contributed by atoms with Crippen molar-refractivity contribution < 1.29 is 22.7 Å². The van der Waals surface area contributed by atoms with Crippen LogP contribution >= 0.6 is 15.9 Å². The molecule has 17 heavy (non-hydrogen) atoms. The highest BCUT2D eigenvalue weighted by atomic mass is 79.9. The van der Waals surface area contributed by atoms with Crippen LogP contribution in [0.4, 0.5) is 13.2 Å². The number of alkyl halides is 3. The predicted octanol–water partition coefficient (Wildman–Crippen LogP) is 2.71. The molecule has 0 saturated carbocycles. The summed E-state index contributed by atoms with van der Waals surface area (Å²) in [5.41, 5.74) is -0.832. The zero-order valence-corrected chi connectivity index (χ0v) is 10.9. The van der Waals surface area contributed by atoms with Gasteiger partial charge in [-0.05, 0) is 29.8 Å². The Kier molecular flexibility index (Phi) is 3.85. The lowest BCUT2D eigenvalue weighted by Crippen LogP contribution is -2.20. The van der Waals surface area contributed by atoms with Gasteiger partial charge in [0.15, 0.2) is 5.69 Å². The minimum absolute atomic E-state index is 0.166. The molecule has 1 heterocycles. The molecule has 0 spiro atoms. The third-order valence-electron chi connectivity index (χ3n) is 2.25. The van der Waals surface area contributed by atoms with Crippen molar-refractivity contribution in [3.05, 3.63) is 15.9 Å². The van der Waals surface area contributed by atoms with Crippen LogP contribution in [0.1, 0.15) is 24.4 Å². The van der Waals surface area contributed by atoms with Gasteiger partial charge in [0.05, 0.1) is 17.3 Å². The summed E-state index contributed by atoms with van der Waals surface area (Å²) in [5.74, 6) is -0.656. The number of rotatable bonds is 2. The average Bonchev–Trinajstić information content (AvgIpc) is 2.53. The highest BCUT2D eigenvalue weighted by molar-refractivity contribution is 9.10. The number of carbonyl (C=O) groups is 1.